The molecule has 0 bridgehead atoms. The molecule has 0 aliphatic rings. The van der Waals surface area contributed by atoms with E-state index in [1.807, 2.05) is 43.4 Å². The lowest BCUT2D eigenvalue weighted by molar-refractivity contribution is -0.127. The molecule has 2 aromatic carbocycles. The van der Waals surface area contributed by atoms with Gasteiger partial charge in [-0.25, -0.2) is 0 Å². The summed E-state index contributed by atoms with van der Waals surface area (Å²) in [6.07, 6.45) is 0. The molecule has 3 aromatic rings. The first kappa shape index (κ1) is 16.9. The maximum Gasteiger partial charge on any atom is 0.232 e. The van der Waals surface area contributed by atoms with E-state index < -0.39 is 0 Å². The molecule has 1 amide bonds. The molecule has 0 atom stereocenters. The van der Waals surface area contributed by atoms with Gasteiger partial charge in [-0.2, -0.15) is 0 Å². The summed E-state index contributed by atoms with van der Waals surface area (Å²) in [6, 6.07) is 16.1. The van der Waals surface area contributed by atoms with Gasteiger partial charge in [0.1, 0.15) is 5.75 Å². The Morgan fingerprint density at radius 2 is 1.92 bits per heavy atom. The number of methoxy groups -OCH3 is 1. The number of fused-ring (bicyclic) bond motifs is 1. The number of hydrogen-bond acceptors (Lipinski definition) is 4. The largest absolute Gasteiger partial charge is 0.497 e. The Kier molecular flexibility index (Phi) is 5.43. The molecule has 5 heteroatoms. The maximum absolute atomic E-state index is 12.4. The average Bonchev–Trinajstić information content (AvgIpc) is 3.03. The lowest BCUT2D eigenvalue weighted by atomic mass is 10.2. The van der Waals surface area contributed by atoms with E-state index in [0.29, 0.717) is 12.3 Å². The minimum absolute atomic E-state index is 0.131. The Hall–Kier alpha value is -1.98. The highest BCUT2D eigenvalue weighted by Crippen LogP contribution is 2.27. The van der Waals surface area contributed by atoms with Gasteiger partial charge in [0.15, 0.2) is 0 Å². The quantitative estimate of drug-likeness (QED) is 0.601. The number of rotatable bonds is 6. The highest BCUT2D eigenvalue weighted by molar-refractivity contribution is 8.00. The van der Waals surface area contributed by atoms with E-state index in [1.165, 1.54) is 15.6 Å². The van der Waals surface area contributed by atoms with Gasteiger partial charge in [0.2, 0.25) is 5.91 Å². The summed E-state index contributed by atoms with van der Waals surface area (Å²) < 4.78 is 6.41. The number of thioether (sulfide) groups is 1. The van der Waals surface area contributed by atoms with Crippen LogP contribution in [0.5, 0.6) is 5.75 Å². The van der Waals surface area contributed by atoms with Crippen LogP contribution in [-0.2, 0) is 11.3 Å². The van der Waals surface area contributed by atoms with Crippen molar-refractivity contribution in [2.75, 3.05) is 19.9 Å². The Labute approximate surface area is 150 Å². The topological polar surface area (TPSA) is 29.5 Å². The van der Waals surface area contributed by atoms with E-state index in [0.717, 1.165) is 10.6 Å². The summed E-state index contributed by atoms with van der Waals surface area (Å²) in [5.74, 6) is 1.39. The van der Waals surface area contributed by atoms with Gasteiger partial charge >= 0.3 is 0 Å². The SMILES string of the molecule is COc1ccc(SCC(=O)N(C)Cc2csc3ccccc23)cc1. The molecular formula is C19H19NO2S2. The summed E-state index contributed by atoms with van der Waals surface area (Å²) in [5, 5.41) is 3.38. The molecule has 0 aliphatic heterocycles. The van der Waals surface area contributed by atoms with Crippen LogP contribution in [0, 0.1) is 0 Å². The molecule has 0 radical (unpaired) electrons. The van der Waals surface area contributed by atoms with Crippen molar-refractivity contribution in [3.63, 3.8) is 0 Å². The molecule has 3 rings (SSSR count). The van der Waals surface area contributed by atoms with E-state index >= 15 is 0 Å². The number of carbonyl (C=O) groups excluding carboxylic acids is 1. The van der Waals surface area contributed by atoms with Crippen LogP contribution in [0.1, 0.15) is 5.56 Å². The average molecular weight is 358 g/mol. The summed E-state index contributed by atoms with van der Waals surface area (Å²) in [6.45, 7) is 0.645. The van der Waals surface area contributed by atoms with Gasteiger partial charge < -0.3 is 9.64 Å². The van der Waals surface area contributed by atoms with Crippen LogP contribution in [0.3, 0.4) is 0 Å². The van der Waals surface area contributed by atoms with Crippen molar-refractivity contribution in [1.29, 1.82) is 0 Å². The summed E-state index contributed by atoms with van der Waals surface area (Å²) in [7, 11) is 3.51. The zero-order chi connectivity index (χ0) is 16.9. The molecule has 0 unspecified atom stereocenters. The first-order valence-electron chi connectivity index (χ1n) is 7.63. The van der Waals surface area contributed by atoms with Crippen molar-refractivity contribution in [3.05, 3.63) is 59.5 Å². The van der Waals surface area contributed by atoms with E-state index in [4.69, 9.17) is 4.74 Å². The number of ether oxygens (including phenoxy) is 1. The Bertz CT molecular complexity index is 827. The van der Waals surface area contributed by atoms with Gasteiger partial charge in [0.05, 0.1) is 12.9 Å². The fourth-order valence-corrected chi connectivity index (χ4v) is 4.22. The van der Waals surface area contributed by atoms with Gasteiger partial charge in [-0.3, -0.25) is 4.79 Å². The van der Waals surface area contributed by atoms with Crippen LogP contribution in [0.4, 0.5) is 0 Å². The number of nitrogens with zero attached hydrogens (tertiary/aromatic N) is 1. The van der Waals surface area contributed by atoms with Gasteiger partial charge in [-0.1, -0.05) is 18.2 Å². The van der Waals surface area contributed by atoms with E-state index in [9.17, 15) is 4.79 Å². The van der Waals surface area contributed by atoms with Crippen molar-refractivity contribution < 1.29 is 9.53 Å². The van der Waals surface area contributed by atoms with Crippen molar-refractivity contribution >= 4 is 39.1 Å². The van der Waals surface area contributed by atoms with Crippen LogP contribution < -0.4 is 4.74 Å². The number of benzene rings is 2. The first-order valence-corrected chi connectivity index (χ1v) is 9.50. The Morgan fingerprint density at radius 3 is 2.67 bits per heavy atom. The molecular weight excluding hydrogens is 338 g/mol. The van der Waals surface area contributed by atoms with Crippen molar-refractivity contribution in [2.24, 2.45) is 0 Å². The molecule has 24 heavy (non-hydrogen) atoms. The zero-order valence-electron chi connectivity index (χ0n) is 13.7. The number of carbonyl (C=O) groups is 1. The molecule has 124 valence electrons. The number of amides is 1. The first-order chi connectivity index (χ1) is 11.7. The molecule has 1 aromatic heterocycles. The third kappa shape index (κ3) is 3.91. The van der Waals surface area contributed by atoms with Crippen LogP contribution >= 0.6 is 23.1 Å². The third-order valence-electron chi connectivity index (χ3n) is 3.82. The molecule has 0 spiro atoms. The molecule has 0 fully saturated rings. The molecule has 0 N–H and O–H groups in total. The van der Waals surface area contributed by atoms with Crippen LogP contribution in [0.25, 0.3) is 10.1 Å². The number of hydrogen-bond donors (Lipinski definition) is 0. The number of thiophene rings is 1. The van der Waals surface area contributed by atoms with Gasteiger partial charge in [-0.15, -0.1) is 23.1 Å². The third-order valence-corrected chi connectivity index (χ3v) is 5.83. The summed E-state index contributed by atoms with van der Waals surface area (Å²) in [4.78, 5) is 15.3. The van der Waals surface area contributed by atoms with E-state index in [2.05, 4.69) is 17.5 Å². The van der Waals surface area contributed by atoms with E-state index in [1.54, 1.807) is 35.1 Å². The van der Waals surface area contributed by atoms with Crippen molar-refractivity contribution in [1.82, 2.24) is 4.90 Å². The second kappa shape index (κ2) is 7.73. The second-order valence-corrected chi connectivity index (χ2v) is 7.43. The Morgan fingerprint density at radius 1 is 1.17 bits per heavy atom. The van der Waals surface area contributed by atoms with E-state index in [-0.39, 0.29) is 5.91 Å². The molecule has 1 heterocycles. The van der Waals surface area contributed by atoms with Crippen LogP contribution in [0.15, 0.2) is 58.8 Å². The minimum Gasteiger partial charge on any atom is -0.497 e. The highest BCUT2D eigenvalue weighted by atomic mass is 32.2. The fraction of sp³-hybridized carbons (Fsp3) is 0.211. The van der Waals surface area contributed by atoms with Crippen molar-refractivity contribution in [3.8, 4) is 5.75 Å². The monoisotopic (exact) mass is 357 g/mol. The lowest BCUT2D eigenvalue weighted by Gasteiger charge is -2.16. The smallest absolute Gasteiger partial charge is 0.232 e. The van der Waals surface area contributed by atoms with Gasteiger partial charge in [0, 0.05) is 23.2 Å². The predicted octanol–water partition coefficient (Wildman–Crippen LogP) is 4.66. The second-order valence-electron chi connectivity index (χ2n) is 5.47. The zero-order valence-corrected chi connectivity index (χ0v) is 15.3. The standard InChI is InChI=1S/C19H19NO2S2/c1-20(11-14-12-24-18-6-4-3-5-17(14)18)19(21)13-23-16-9-7-15(22-2)8-10-16/h3-10,12H,11,13H2,1-2H3. The van der Waals surface area contributed by atoms with Gasteiger partial charge in [0.25, 0.3) is 0 Å². The summed E-state index contributed by atoms with van der Waals surface area (Å²) >= 11 is 3.27. The Balaban J connectivity index is 1.58. The normalized spacial score (nSPS) is 10.8. The molecule has 0 saturated carbocycles. The molecule has 0 aliphatic carbocycles. The lowest BCUT2D eigenvalue weighted by Crippen LogP contribution is -2.27. The minimum atomic E-state index is 0.131. The van der Waals surface area contributed by atoms with Crippen LogP contribution in [-0.4, -0.2) is 30.7 Å². The van der Waals surface area contributed by atoms with Crippen molar-refractivity contribution in [2.45, 2.75) is 11.4 Å². The van der Waals surface area contributed by atoms with Crippen LogP contribution in [0.2, 0.25) is 0 Å². The molecule has 3 nitrogen and oxygen atoms in total. The summed E-state index contributed by atoms with van der Waals surface area (Å²) in [5.41, 5.74) is 1.21. The fourth-order valence-electron chi connectivity index (χ4n) is 2.43. The predicted molar refractivity (Wildman–Crippen MR) is 102 cm³/mol. The molecule has 0 saturated heterocycles. The highest BCUT2D eigenvalue weighted by Gasteiger charge is 2.12. The maximum atomic E-state index is 12.4. The van der Waals surface area contributed by atoms with Gasteiger partial charge in [-0.05, 0) is 46.7 Å².